The molecule has 2 aliphatic rings. The van der Waals surface area contributed by atoms with Crippen molar-refractivity contribution in [2.45, 2.75) is 34.1 Å². The third kappa shape index (κ3) is 1.20. The van der Waals surface area contributed by atoms with Gasteiger partial charge in [0.05, 0.1) is 0 Å². The van der Waals surface area contributed by atoms with Crippen LogP contribution in [0.1, 0.15) is 34.1 Å². The summed E-state index contributed by atoms with van der Waals surface area (Å²) in [7, 11) is 0. The van der Waals surface area contributed by atoms with E-state index >= 15 is 0 Å². The van der Waals surface area contributed by atoms with Crippen LogP contribution in [0.25, 0.3) is 0 Å². The Bertz CT molecular complexity index is 455. The highest BCUT2D eigenvalue weighted by Crippen LogP contribution is 2.56. The Labute approximate surface area is 95.6 Å². The van der Waals surface area contributed by atoms with Crippen molar-refractivity contribution < 1.29 is 9.90 Å². The van der Waals surface area contributed by atoms with E-state index in [1.54, 1.807) is 6.08 Å². The number of nitrogens with zero attached hydrogens (tertiary/aromatic N) is 1. The standard InChI is InChI=1S/C13H17NO2/c1-8-12(2,3)13(4)7-9(11(15)16)5-6-10(13)14-8/h5-6H,7H2,1-4H3,(H,15,16). The van der Waals surface area contributed by atoms with Crippen molar-refractivity contribution in [1.29, 1.82) is 0 Å². The lowest BCUT2D eigenvalue weighted by molar-refractivity contribution is -0.133. The number of aliphatic imine (C=N–C) groups is 1. The van der Waals surface area contributed by atoms with Gasteiger partial charge >= 0.3 is 5.97 Å². The molecule has 0 bridgehead atoms. The number of allylic oxidation sites excluding steroid dienone is 3. The fourth-order valence-electron chi connectivity index (χ4n) is 2.46. The number of carbonyl (C=O) groups is 1. The zero-order chi connectivity index (χ0) is 12.1. The van der Waals surface area contributed by atoms with Gasteiger partial charge in [-0.3, -0.25) is 4.99 Å². The summed E-state index contributed by atoms with van der Waals surface area (Å²) in [5, 5.41) is 9.07. The average molecular weight is 219 g/mol. The van der Waals surface area contributed by atoms with Crippen molar-refractivity contribution >= 4 is 11.7 Å². The summed E-state index contributed by atoms with van der Waals surface area (Å²) >= 11 is 0. The van der Waals surface area contributed by atoms with Gasteiger partial charge in [-0.2, -0.15) is 0 Å². The SMILES string of the molecule is CC1=NC2=CC=C(C(=O)O)CC2(C)C1(C)C. The van der Waals surface area contributed by atoms with Gasteiger partial charge in [0, 0.05) is 27.8 Å². The Morgan fingerprint density at radius 1 is 1.38 bits per heavy atom. The van der Waals surface area contributed by atoms with E-state index in [9.17, 15) is 4.79 Å². The Balaban J connectivity index is 2.50. The molecule has 1 aliphatic carbocycles. The van der Waals surface area contributed by atoms with Crippen molar-refractivity contribution in [3.05, 3.63) is 23.4 Å². The fourth-order valence-corrected chi connectivity index (χ4v) is 2.46. The van der Waals surface area contributed by atoms with E-state index in [0.29, 0.717) is 12.0 Å². The highest BCUT2D eigenvalue weighted by molar-refractivity contribution is 5.94. The molecular weight excluding hydrogens is 202 g/mol. The van der Waals surface area contributed by atoms with Gasteiger partial charge in [-0.25, -0.2) is 4.79 Å². The van der Waals surface area contributed by atoms with Crippen LogP contribution >= 0.6 is 0 Å². The molecule has 1 atom stereocenters. The van der Waals surface area contributed by atoms with Crippen LogP contribution < -0.4 is 0 Å². The first-order chi connectivity index (χ1) is 7.29. The van der Waals surface area contributed by atoms with Crippen molar-refractivity contribution in [3.63, 3.8) is 0 Å². The van der Waals surface area contributed by atoms with Gasteiger partial charge in [0.25, 0.3) is 0 Å². The third-order valence-corrected chi connectivity index (χ3v) is 4.40. The molecule has 16 heavy (non-hydrogen) atoms. The van der Waals surface area contributed by atoms with Crippen molar-refractivity contribution in [2.24, 2.45) is 15.8 Å². The van der Waals surface area contributed by atoms with Gasteiger partial charge in [0.2, 0.25) is 0 Å². The van der Waals surface area contributed by atoms with Gasteiger partial charge in [-0.05, 0) is 25.5 Å². The topological polar surface area (TPSA) is 49.7 Å². The summed E-state index contributed by atoms with van der Waals surface area (Å²) in [6.07, 6.45) is 4.09. The lowest BCUT2D eigenvalue weighted by atomic mass is 9.61. The number of carboxylic acids is 1. The monoisotopic (exact) mass is 219 g/mol. The molecule has 86 valence electrons. The average Bonchev–Trinajstić information content (AvgIpc) is 2.36. The minimum absolute atomic E-state index is 0.0756. The first-order valence-electron chi connectivity index (χ1n) is 5.49. The van der Waals surface area contributed by atoms with E-state index < -0.39 is 5.97 Å². The van der Waals surface area contributed by atoms with Gasteiger partial charge < -0.3 is 5.11 Å². The normalized spacial score (nSPS) is 31.4. The second-order valence-electron chi connectivity index (χ2n) is 5.38. The molecule has 0 amide bonds. The van der Waals surface area contributed by atoms with Crippen LogP contribution in [0.2, 0.25) is 0 Å². The summed E-state index contributed by atoms with van der Waals surface area (Å²) in [4.78, 5) is 15.6. The summed E-state index contributed by atoms with van der Waals surface area (Å²) in [5.41, 5.74) is 2.32. The molecule has 0 aromatic rings. The summed E-state index contributed by atoms with van der Waals surface area (Å²) in [6.45, 7) is 8.40. The number of aliphatic carboxylic acids is 1. The van der Waals surface area contributed by atoms with Crippen LogP contribution in [-0.4, -0.2) is 16.8 Å². The summed E-state index contributed by atoms with van der Waals surface area (Å²) < 4.78 is 0. The first-order valence-corrected chi connectivity index (χ1v) is 5.49. The maximum atomic E-state index is 11.0. The molecule has 1 aliphatic heterocycles. The number of rotatable bonds is 1. The fraction of sp³-hybridized carbons (Fsp3) is 0.538. The van der Waals surface area contributed by atoms with Crippen LogP contribution in [0.4, 0.5) is 0 Å². The Morgan fingerprint density at radius 3 is 2.56 bits per heavy atom. The zero-order valence-corrected chi connectivity index (χ0v) is 10.2. The van der Waals surface area contributed by atoms with Crippen LogP contribution in [0.5, 0.6) is 0 Å². The Hall–Kier alpha value is -1.38. The molecule has 1 N–H and O–H groups in total. The van der Waals surface area contributed by atoms with Crippen molar-refractivity contribution in [3.8, 4) is 0 Å². The third-order valence-electron chi connectivity index (χ3n) is 4.40. The summed E-state index contributed by atoms with van der Waals surface area (Å²) in [6, 6.07) is 0. The molecule has 0 spiro atoms. The molecule has 0 saturated carbocycles. The van der Waals surface area contributed by atoms with Gasteiger partial charge in [0.15, 0.2) is 0 Å². The van der Waals surface area contributed by atoms with E-state index in [-0.39, 0.29) is 10.8 Å². The van der Waals surface area contributed by atoms with Gasteiger partial charge in [-0.1, -0.05) is 20.8 Å². The number of hydrogen-bond donors (Lipinski definition) is 1. The number of carboxylic acid groups (broad SMARTS) is 1. The smallest absolute Gasteiger partial charge is 0.331 e. The Kier molecular flexibility index (Phi) is 2.13. The zero-order valence-electron chi connectivity index (χ0n) is 10.2. The molecule has 1 unspecified atom stereocenters. The van der Waals surface area contributed by atoms with Crippen molar-refractivity contribution in [1.82, 2.24) is 0 Å². The molecule has 0 aromatic heterocycles. The molecule has 1 heterocycles. The molecule has 0 aromatic carbocycles. The van der Waals surface area contributed by atoms with Crippen LogP contribution in [0, 0.1) is 10.8 Å². The largest absolute Gasteiger partial charge is 0.478 e. The quantitative estimate of drug-likeness (QED) is 0.737. The van der Waals surface area contributed by atoms with E-state index in [1.807, 2.05) is 13.0 Å². The van der Waals surface area contributed by atoms with Gasteiger partial charge in [-0.15, -0.1) is 0 Å². The van der Waals surface area contributed by atoms with E-state index in [2.05, 4.69) is 25.8 Å². The number of hydrogen-bond acceptors (Lipinski definition) is 2. The predicted octanol–water partition coefficient (Wildman–Crippen LogP) is 2.79. The predicted molar refractivity (Wildman–Crippen MR) is 63.4 cm³/mol. The minimum Gasteiger partial charge on any atom is -0.478 e. The van der Waals surface area contributed by atoms with Crippen LogP contribution in [-0.2, 0) is 4.79 Å². The second kappa shape index (κ2) is 3.06. The molecule has 3 nitrogen and oxygen atoms in total. The molecule has 2 rings (SSSR count). The maximum absolute atomic E-state index is 11.0. The van der Waals surface area contributed by atoms with Crippen LogP contribution in [0.3, 0.4) is 0 Å². The number of fused-ring (bicyclic) bond motifs is 1. The molecular formula is C13H17NO2. The highest BCUT2D eigenvalue weighted by Gasteiger charge is 2.51. The maximum Gasteiger partial charge on any atom is 0.331 e. The van der Waals surface area contributed by atoms with E-state index in [1.165, 1.54) is 0 Å². The lowest BCUT2D eigenvalue weighted by Crippen LogP contribution is -2.38. The van der Waals surface area contributed by atoms with E-state index in [4.69, 9.17) is 5.11 Å². The Morgan fingerprint density at radius 2 is 2.00 bits per heavy atom. The molecule has 0 saturated heterocycles. The second-order valence-corrected chi connectivity index (χ2v) is 5.38. The summed E-state index contributed by atoms with van der Waals surface area (Å²) in [5.74, 6) is -0.822. The van der Waals surface area contributed by atoms with Crippen LogP contribution in [0.15, 0.2) is 28.4 Å². The van der Waals surface area contributed by atoms with Gasteiger partial charge in [0.1, 0.15) is 0 Å². The highest BCUT2D eigenvalue weighted by atomic mass is 16.4. The molecule has 0 fully saturated rings. The minimum atomic E-state index is -0.822. The molecule has 0 radical (unpaired) electrons. The molecule has 3 heteroatoms. The first kappa shape index (κ1) is 11.1. The van der Waals surface area contributed by atoms with E-state index in [0.717, 1.165) is 11.4 Å². The lowest BCUT2D eigenvalue weighted by Gasteiger charge is -2.40. The van der Waals surface area contributed by atoms with Crippen molar-refractivity contribution in [2.75, 3.05) is 0 Å².